The summed E-state index contributed by atoms with van der Waals surface area (Å²) in [6, 6.07) is 2.39. The van der Waals surface area contributed by atoms with Crippen molar-refractivity contribution in [3.8, 4) is 11.5 Å². The highest BCUT2D eigenvalue weighted by Gasteiger charge is 2.51. The lowest BCUT2D eigenvalue weighted by Gasteiger charge is -2.41. The van der Waals surface area contributed by atoms with Crippen LogP contribution in [0.3, 0.4) is 0 Å². The van der Waals surface area contributed by atoms with Gasteiger partial charge in [0.2, 0.25) is 11.8 Å². The molecule has 4 rings (SSSR count). The van der Waals surface area contributed by atoms with Crippen LogP contribution in [-0.2, 0) is 14.3 Å². The lowest BCUT2D eigenvalue weighted by Crippen LogP contribution is -2.57. The minimum absolute atomic E-state index is 0.0453. The summed E-state index contributed by atoms with van der Waals surface area (Å²) in [5, 5.41) is 23.9. The Hall–Kier alpha value is -2.99. The number of nitrogens with one attached hydrogen (secondary N) is 1. The van der Waals surface area contributed by atoms with E-state index in [1.165, 1.54) is 7.11 Å². The van der Waals surface area contributed by atoms with Crippen LogP contribution in [0.15, 0.2) is 23.8 Å². The number of benzene rings is 1. The van der Waals surface area contributed by atoms with Gasteiger partial charge in [-0.2, -0.15) is 0 Å². The molecule has 2 amide bonds. The Balaban J connectivity index is 1.68. The Morgan fingerprint density at radius 3 is 2.64 bits per heavy atom. The molecule has 0 spiro atoms. The van der Waals surface area contributed by atoms with Gasteiger partial charge in [0, 0.05) is 55.8 Å². The summed E-state index contributed by atoms with van der Waals surface area (Å²) in [6.45, 7) is 5.73. The van der Waals surface area contributed by atoms with E-state index in [1.807, 2.05) is 0 Å². The SMILES string of the molecule is CCCCCCCC(=O)N(CCN1CCOCC1)[C@@H]1C=C(C(=O)NCCO)[C@@H]2c3cc(C=O)cc(OC)c3O[C@@H]2[C@H]1O. The first-order valence-electron chi connectivity index (χ1n) is 15.2. The van der Waals surface area contributed by atoms with Gasteiger partial charge in [-0.05, 0) is 24.6 Å². The number of unbranched alkanes of at least 4 members (excludes halogenated alkanes) is 4. The molecule has 11 nitrogen and oxygen atoms in total. The number of hydrogen-bond acceptors (Lipinski definition) is 9. The smallest absolute Gasteiger partial charge is 0.247 e. The predicted molar refractivity (Wildman–Crippen MR) is 156 cm³/mol. The number of morpholine rings is 1. The molecule has 3 aliphatic rings. The Bertz CT molecular complexity index is 1120. The number of nitrogens with zero attached hydrogens (tertiary/aromatic N) is 2. The summed E-state index contributed by atoms with van der Waals surface area (Å²) >= 11 is 0. The molecule has 1 aromatic rings. The summed E-state index contributed by atoms with van der Waals surface area (Å²) < 4.78 is 17.3. The number of aliphatic hydroxyl groups excluding tert-OH is 2. The molecule has 42 heavy (non-hydrogen) atoms. The fourth-order valence-electron chi connectivity index (χ4n) is 6.10. The van der Waals surface area contributed by atoms with Crippen LogP contribution in [0.25, 0.3) is 0 Å². The van der Waals surface area contributed by atoms with Gasteiger partial charge >= 0.3 is 0 Å². The van der Waals surface area contributed by atoms with Crippen LogP contribution in [0.1, 0.15) is 67.3 Å². The zero-order valence-corrected chi connectivity index (χ0v) is 24.8. The summed E-state index contributed by atoms with van der Waals surface area (Å²) in [7, 11) is 1.46. The van der Waals surface area contributed by atoms with Crippen molar-refractivity contribution in [2.45, 2.75) is 69.6 Å². The van der Waals surface area contributed by atoms with Crippen LogP contribution in [0, 0.1) is 0 Å². The van der Waals surface area contributed by atoms with Crippen LogP contribution in [0.2, 0.25) is 0 Å². The Morgan fingerprint density at radius 2 is 1.95 bits per heavy atom. The van der Waals surface area contributed by atoms with Gasteiger partial charge in [0.05, 0.1) is 38.9 Å². The molecule has 232 valence electrons. The van der Waals surface area contributed by atoms with Crippen molar-refractivity contribution in [1.29, 1.82) is 0 Å². The number of fused-ring (bicyclic) bond motifs is 3. The maximum Gasteiger partial charge on any atom is 0.247 e. The van der Waals surface area contributed by atoms with E-state index in [9.17, 15) is 24.6 Å². The molecule has 0 unspecified atom stereocenters. The Morgan fingerprint density at radius 1 is 1.19 bits per heavy atom. The van der Waals surface area contributed by atoms with E-state index in [0.29, 0.717) is 67.2 Å². The van der Waals surface area contributed by atoms with E-state index in [4.69, 9.17) is 14.2 Å². The van der Waals surface area contributed by atoms with E-state index in [1.54, 1.807) is 23.1 Å². The maximum atomic E-state index is 13.7. The molecule has 1 fully saturated rings. The van der Waals surface area contributed by atoms with Crippen LogP contribution in [0.4, 0.5) is 0 Å². The number of rotatable bonds is 15. The first kappa shape index (κ1) is 31.9. The molecule has 11 heteroatoms. The second-order valence-electron chi connectivity index (χ2n) is 11.1. The summed E-state index contributed by atoms with van der Waals surface area (Å²) in [6.07, 6.45) is 5.70. The van der Waals surface area contributed by atoms with Crippen molar-refractivity contribution >= 4 is 18.1 Å². The second kappa shape index (κ2) is 15.5. The maximum absolute atomic E-state index is 13.7. The molecule has 0 aromatic heterocycles. The van der Waals surface area contributed by atoms with Crippen molar-refractivity contribution in [2.75, 3.05) is 59.7 Å². The number of hydrogen-bond donors (Lipinski definition) is 3. The standard InChI is InChI=1S/C31H45N3O8/c1-3-4-5-6-7-8-26(37)34(11-10-33-12-15-41-16-13-33)24-19-23(31(39)32-9-14-35)27-22-17-21(20-36)18-25(40-2)29(22)42-30(27)28(24)38/h17-20,24,27-28,30,35,38H,3-16H2,1-2H3,(H,32,39)/t24-,27+,28+,30+/m1/s1. The highest BCUT2D eigenvalue weighted by Crippen LogP contribution is 2.51. The molecule has 0 bridgehead atoms. The quantitative estimate of drug-likeness (QED) is 0.207. The minimum atomic E-state index is -1.14. The normalized spacial score (nSPS) is 23.3. The Kier molecular flexibility index (Phi) is 11.8. The molecular formula is C31H45N3O8. The Labute approximate surface area is 247 Å². The second-order valence-corrected chi connectivity index (χ2v) is 11.1. The zero-order valence-electron chi connectivity index (χ0n) is 24.8. The number of aldehydes is 1. The van der Waals surface area contributed by atoms with Crippen LogP contribution >= 0.6 is 0 Å². The fourth-order valence-corrected chi connectivity index (χ4v) is 6.10. The third-order valence-electron chi connectivity index (χ3n) is 8.35. The number of ether oxygens (including phenoxy) is 3. The van der Waals surface area contributed by atoms with Crippen molar-refractivity contribution in [2.24, 2.45) is 0 Å². The topological polar surface area (TPSA) is 138 Å². The number of carbonyl (C=O) groups is 3. The minimum Gasteiger partial charge on any atom is -0.493 e. The van der Waals surface area contributed by atoms with Gasteiger partial charge in [0.1, 0.15) is 18.5 Å². The van der Waals surface area contributed by atoms with Gasteiger partial charge in [-0.15, -0.1) is 0 Å². The molecule has 1 saturated heterocycles. The average molecular weight is 588 g/mol. The van der Waals surface area contributed by atoms with Gasteiger partial charge in [-0.25, -0.2) is 0 Å². The van der Waals surface area contributed by atoms with E-state index in [0.717, 1.165) is 45.2 Å². The third kappa shape index (κ3) is 7.31. The molecule has 4 atom stereocenters. The van der Waals surface area contributed by atoms with Crippen molar-refractivity contribution in [3.63, 3.8) is 0 Å². The average Bonchev–Trinajstić information content (AvgIpc) is 3.40. The van der Waals surface area contributed by atoms with E-state index in [-0.39, 0.29) is 19.1 Å². The lowest BCUT2D eigenvalue weighted by atomic mass is 9.77. The molecule has 1 aromatic carbocycles. The monoisotopic (exact) mass is 587 g/mol. The number of aliphatic hydroxyl groups is 2. The first-order valence-corrected chi connectivity index (χ1v) is 15.2. The summed E-state index contributed by atoms with van der Waals surface area (Å²) in [4.78, 5) is 42.8. The number of carbonyl (C=O) groups excluding carboxylic acids is 3. The molecule has 3 N–H and O–H groups in total. The van der Waals surface area contributed by atoms with E-state index < -0.39 is 30.1 Å². The van der Waals surface area contributed by atoms with Crippen molar-refractivity contribution < 1.29 is 38.8 Å². The number of amides is 2. The molecular weight excluding hydrogens is 542 g/mol. The predicted octanol–water partition coefficient (Wildman–Crippen LogP) is 1.65. The fraction of sp³-hybridized carbons (Fsp3) is 0.645. The molecule has 0 radical (unpaired) electrons. The van der Waals surface area contributed by atoms with Gasteiger partial charge in [-0.1, -0.05) is 32.6 Å². The largest absolute Gasteiger partial charge is 0.493 e. The highest BCUT2D eigenvalue weighted by atomic mass is 16.5. The van der Waals surface area contributed by atoms with E-state index in [2.05, 4.69) is 17.1 Å². The van der Waals surface area contributed by atoms with Gasteiger partial charge in [0.15, 0.2) is 11.5 Å². The first-order chi connectivity index (χ1) is 20.4. The molecule has 1 aliphatic carbocycles. The van der Waals surface area contributed by atoms with Crippen LogP contribution in [-0.4, -0.2) is 116 Å². The third-order valence-corrected chi connectivity index (χ3v) is 8.35. The lowest BCUT2D eigenvalue weighted by molar-refractivity contribution is -0.137. The van der Waals surface area contributed by atoms with Crippen LogP contribution < -0.4 is 14.8 Å². The molecule has 2 heterocycles. The van der Waals surface area contributed by atoms with Crippen LogP contribution in [0.5, 0.6) is 11.5 Å². The molecule has 0 saturated carbocycles. The summed E-state index contributed by atoms with van der Waals surface area (Å²) in [5.74, 6) is -0.507. The van der Waals surface area contributed by atoms with Crippen molar-refractivity contribution in [3.05, 3.63) is 34.9 Å². The van der Waals surface area contributed by atoms with Gasteiger partial charge in [-0.3, -0.25) is 19.3 Å². The van der Waals surface area contributed by atoms with Gasteiger partial charge in [0.25, 0.3) is 0 Å². The highest BCUT2D eigenvalue weighted by molar-refractivity contribution is 5.96. The zero-order chi connectivity index (χ0) is 30.1. The number of methoxy groups -OCH3 is 1. The van der Waals surface area contributed by atoms with E-state index >= 15 is 0 Å². The molecule has 2 aliphatic heterocycles. The summed E-state index contributed by atoms with van der Waals surface area (Å²) in [5.41, 5.74) is 1.23. The van der Waals surface area contributed by atoms with Crippen molar-refractivity contribution in [1.82, 2.24) is 15.1 Å². The van der Waals surface area contributed by atoms with Gasteiger partial charge < -0.3 is 34.6 Å².